The van der Waals surface area contributed by atoms with Gasteiger partial charge in [-0.2, -0.15) is 0 Å². The highest BCUT2D eigenvalue weighted by molar-refractivity contribution is 5.98. The number of hydrogen-bond acceptors (Lipinski definition) is 10. The second-order valence-electron chi connectivity index (χ2n) is 13.5. The fraction of sp³-hybridized carbons (Fsp3) is 0.688. The maximum Gasteiger partial charge on any atom is 0.508 e. The van der Waals surface area contributed by atoms with Crippen molar-refractivity contribution < 1.29 is 48.0 Å². The molecule has 0 bridgehead atoms. The number of carbonyl (C=O) groups is 4. The Bertz CT molecular complexity index is 1360. The first-order valence-corrected chi connectivity index (χ1v) is 14.8. The van der Waals surface area contributed by atoms with E-state index in [1.807, 2.05) is 33.8 Å². The molecular weight excluding hydrogens is 544 g/mol. The fourth-order valence-electron chi connectivity index (χ4n) is 9.40. The zero-order chi connectivity index (χ0) is 30.6. The predicted molar refractivity (Wildman–Crippen MR) is 147 cm³/mol. The van der Waals surface area contributed by atoms with Crippen molar-refractivity contribution >= 4 is 23.9 Å². The van der Waals surface area contributed by atoms with Crippen LogP contribution in [0.15, 0.2) is 34.9 Å². The molecule has 3 fully saturated rings. The normalized spacial score (nSPS) is 45.9. The standard InChI is InChI=1S/C32H40O10/c1-15-12-22(40-27(35)16(15)2)17(3)20-13-25(39-18(4)33)31(37)21-14-26-32(42-26)24(41-28(36)38-7)9-8-23(34)30(32,6)19(21)10-11-29(20,31)5/h8-9,13,17,19,21-22,24-26,37H,10-12,14H2,1-7H3/t17-,19-,21+,22+,24-,25-,26+,29+,30-,31-,32+/m0/s1. The second-order valence-corrected chi connectivity index (χ2v) is 13.5. The molecule has 0 aromatic carbocycles. The van der Waals surface area contributed by atoms with Crippen LogP contribution in [0.1, 0.15) is 67.2 Å². The SMILES string of the molecule is COC(=O)O[C@H]1C=CC(=O)[C@]2(C)[C@H]3CC[C@]4(C)C([C@H](C)[C@H]5CC(C)=C(C)C(=O)O5)=C[C@H](OC(C)=O)[C@@]4(O)[C@@H]3C[C@H]3O[C@]132. The van der Waals surface area contributed by atoms with E-state index in [2.05, 4.69) is 0 Å². The van der Waals surface area contributed by atoms with Gasteiger partial charge in [-0.15, -0.1) is 0 Å². The third kappa shape index (κ3) is 3.51. The van der Waals surface area contributed by atoms with E-state index >= 15 is 0 Å². The van der Waals surface area contributed by atoms with E-state index in [1.165, 1.54) is 20.1 Å². The number of hydrogen-bond donors (Lipinski definition) is 1. The van der Waals surface area contributed by atoms with E-state index in [9.17, 15) is 24.3 Å². The Balaban J connectivity index is 1.39. The number of esters is 2. The molecule has 1 spiro atoms. The number of aliphatic hydroxyl groups is 1. The summed E-state index contributed by atoms with van der Waals surface area (Å²) in [5, 5.41) is 13.0. The van der Waals surface area contributed by atoms with Gasteiger partial charge < -0.3 is 28.8 Å². The van der Waals surface area contributed by atoms with Gasteiger partial charge in [0.05, 0.1) is 18.6 Å². The lowest BCUT2D eigenvalue weighted by atomic mass is 9.42. The van der Waals surface area contributed by atoms with Gasteiger partial charge in [0.25, 0.3) is 0 Å². The van der Waals surface area contributed by atoms with Crippen LogP contribution in [-0.2, 0) is 38.1 Å². The Hall–Kier alpha value is -2.98. The van der Waals surface area contributed by atoms with Crippen LogP contribution in [0.2, 0.25) is 0 Å². The summed E-state index contributed by atoms with van der Waals surface area (Å²) in [6.07, 6.45) is 3.38. The van der Waals surface area contributed by atoms with E-state index in [0.717, 1.165) is 11.1 Å². The Morgan fingerprint density at radius 1 is 1.12 bits per heavy atom. The number of ketones is 1. The highest BCUT2D eigenvalue weighted by Gasteiger charge is 2.83. The molecule has 11 atom stereocenters. The molecule has 0 amide bonds. The molecule has 42 heavy (non-hydrogen) atoms. The van der Waals surface area contributed by atoms with Crippen molar-refractivity contribution in [3.8, 4) is 0 Å². The van der Waals surface area contributed by atoms with Gasteiger partial charge in [-0.3, -0.25) is 9.59 Å². The summed E-state index contributed by atoms with van der Waals surface area (Å²) in [5.41, 5.74) is -2.06. The van der Waals surface area contributed by atoms with Crippen molar-refractivity contribution in [1.82, 2.24) is 0 Å². The lowest BCUT2D eigenvalue weighted by Crippen LogP contribution is -2.70. The summed E-state index contributed by atoms with van der Waals surface area (Å²) >= 11 is 0. The smallest absolute Gasteiger partial charge is 0.458 e. The maximum absolute atomic E-state index is 13.8. The number of allylic oxidation sites excluding steroid dienone is 1. The first kappa shape index (κ1) is 29.1. The third-order valence-electron chi connectivity index (χ3n) is 11.9. The van der Waals surface area contributed by atoms with Crippen LogP contribution in [0.5, 0.6) is 0 Å². The van der Waals surface area contributed by atoms with Crippen LogP contribution in [0.4, 0.5) is 4.79 Å². The highest BCUT2D eigenvalue weighted by atomic mass is 16.7. The molecule has 2 aliphatic heterocycles. The van der Waals surface area contributed by atoms with Crippen LogP contribution in [-0.4, -0.2) is 71.7 Å². The van der Waals surface area contributed by atoms with Crippen LogP contribution in [0, 0.1) is 28.6 Å². The highest BCUT2D eigenvalue weighted by Crippen LogP contribution is 2.74. The van der Waals surface area contributed by atoms with Crippen LogP contribution in [0.3, 0.4) is 0 Å². The van der Waals surface area contributed by atoms with Crippen molar-refractivity contribution in [2.45, 2.75) is 103 Å². The van der Waals surface area contributed by atoms with Crippen LogP contribution in [0.25, 0.3) is 0 Å². The Morgan fingerprint density at radius 3 is 2.48 bits per heavy atom. The van der Waals surface area contributed by atoms with E-state index in [1.54, 1.807) is 13.0 Å². The van der Waals surface area contributed by atoms with Gasteiger partial charge in [0.1, 0.15) is 23.4 Å². The summed E-state index contributed by atoms with van der Waals surface area (Å²) in [4.78, 5) is 50.9. The topological polar surface area (TPSA) is 138 Å². The Labute approximate surface area is 245 Å². The molecule has 1 N–H and O–H groups in total. The van der Waals surface area contributed by atoms with Crippen LogP contribution < -0.4 is 0 Å². The predicted octanol–water partition coefficient (Wildman–Crippen LogP) is 3.75. The third-order valence-corrected chi connectivity index (χ3v) is 11.9. The van der Waals surface area contributed by atoms with Gasteiger partial charge in [-0.1, -0.05) is 25.0 Å². The molecule has 2 heterocycles. The van der Waals surface area contributed by atoms with Gasteiger partial charge in [0.2, 0.25) is 0 Å². The van der Waals surface area contributed by atoms with E-state index in [4.69, 9.17) is 23.7 Å². The van der Waals surface area contributed by atoms with Crippen molar-refractivity contribution in [2.24, 2.45) is 28.6 Å². The summed E-state index contributed by atoms with van der Waals surface area (Å²) in [6, 6.07) is 0. The molecule has 6 aliphatic rings. The summed E-state index contributed by atoms with van der Waals surface area (Å²) in [6.45, 7) is 10.8. The quantitative estimate of drug-likeness (QED) is 0.225. The van der Waals surface area contributed by atoms with Crippen molar-refractivity contribution in [3.05, 3.63) is 34.9 Å². The van der Waals surface area contributed by atoms with E-state index in [-0.39, 0.29) is 23.6 Å². The van der Waals surface area contributed by atoms with Crippen molar-refractivity contribution in [1.29, 1.82) is 0 Å². The first-order chi connectivity index (χ1) is 19.7. The number of rotatable bonds is 4. The summed E-state index contributed by atoms with van der Waals surface area (Å²) in [5.74, 6) is -2.09. The zero-order valence-corrected chi connectivity index (χ0v) is 25.2. The fourth-order valence-corrected chi connectivity index (χ4v) is 9.40. The summed E-state index contributed by atoms with van der Waals surface area (Å²) < 4.78 is 28.4. The van der Waals surface area contributed by atoms with E-state index < -0.39 is 64.5 Å². The minimum Gasteiger partial charge on any atom is -0.458 e. The molecule has 228 valence electrons. The van der Waals surface area contributed by atoms with Crippen molar-refractivity contribution in [2.75, 3.05) is 7.11 Å². The van der Waals surface area contributed by atoms with Gasteiger partial charge >= 0.3 is 18.1 Å². The number of carbonyl (C=O) groups excluding carboxylic acids is 4. The number of epoxide rings is 1. The molecule has 10 nitrogen and oxygen atoms in total. The molecular formula is C32H40O10. The molecule has 6 rings (SSSR count). The minimum absolute atomic E-state index is 0.146. The molecule has 0 radical (unpaired) electrons. The number of fused-ring (bicyclic) bond motifs is 4. The Kier molecular flexibility index (Phi) is 6.42. The number of ether oxygens (including phenoxy) is 5. The molecule has 0 aromatic heterocycles. The average Bonchev–Trinajstić information content (AvgIpc) is 3.63. The van der Waals surface area contributed by atoms with Gasteiger partial charge in [0, 0.05) is 30.3 Å². The molecule has 2 saturated carbocycles. The molecule has 4 aliphatic carbocycles. The van der Waals surface area contributed by atoms with Gasteiger partial charge in [0.15, 0.2) is 11.9 Å². The van der Waals surface area contributed by atoms with E-state index in [0.29, 0.717) is 31.3 Å². The first-order valence-electron chi connectivity index (χ1n) is 14.8. The van der Waals surface area contributed by atoms with Gasteiger partial charge in [-0.25, -0.2) is 9.59 Å². The minimum atomic E-state index is -1.55. The number of cyclic esters (lactones) is 1. The van der Waals surface area contributed by atoms with Crippen LogP contribution >= 0.6 is 0 Å². The maximum atomic E-state index is 13.8. The monoisotopic (exact) mass is 584 g/mol. The number of methoxy groups -OCH3 is 1. The summed E-state index contributed by atoms with van der Waals surface area (Å²) in [7, 11) is 1.23. The largest absolute Gasteiger partial charge is 0.508 e. The lowest BCUT2D eigenvalue weighted by molar-refractivity contribution is -0.224. The molecule has 10 heteroatoms. The molecule has 1 saturated heterocycles. The second kappa shape index (κ2) is 9.26. The van der Waals surface area contributed by atoms with Crippen molar-refractivity contribution in [3.63, 3.8) is 0 Å². The molecule has 0 unspecified atom stereocenters. The average molecular weight is 585 g/mol. The Morgan fingerprint density at radius 2 is 1.83 bits per heavy atom. The molecule has 0 aromatic rings. The lowest BCUT2D eigenvalue weighted by Gasteiger charge is -2.61. The zero-order valence-electron chi connectivity index (χ0n) is 25.2. The van der Waals surface area contributed by atoms with Gasteiger partial charge in [-0.05, 0) is 70.1 Å².